The Kier molecular flexibility index (Phi) is 5.41. The van der Waals surface area contributed by atoms with Crippen LogP contribution in [-0.4, -0.2) is 67.7 Å². The number of methoxy groups -OCH3 is 1. The first-order chi connectivity index (χ1) is 10.1. The number of amides is 1. The highest BCUT2D eigenvalue weighted by molar-refractivity contribution is 5.78. The molecule has 0 atom stereocenters. The summed E-state index contributed by atoms with van der Waals surface area (Å²) in [4.78, 5) is 16.1. The molecule has 1 aromatic rings. The number of rotatable bonds is 5. The fourth-order valence-electron chi connectivity index (χ4n) is 2.36. The summed E-state index contributed by atoms with van der Waals surface area (Å²) < 4.78 is 5.08. The van der Waals surface area contributed by atoms with Gasteiger partial charge in [0.25, 0.3) is 0 Å². The Hall–Kier alpha value is -1.79. The molecule has 1 heterocycles. The van der Waals surface area contributed by atoms with Crippen molar-refractivity contribution in [2.75, 3.05) is 46.9 Å². The number of nitrogens with zero attached hydrogens (tertiary/aromatic N) is 2. The van der Waals surface area contributed by atoms with Gasteiger partial charge in [0, 0.05) is 39.8 Å². The van der Waals surface area contributed by atoms with E-state index in [1.165, 1.54) is 7.11 Å². The molecule has 0 radical (unpaired) electrons. The second kappa shape index (κ2) is 7.28. The number of phenols is 1. The van der Waals surface area contributed by atoms with Crippen LogP contribution in [0.15, 0.2) is 18.2 Å². The number of benzene rings is 1. The van der Waals surface area contributed by atoms with Gasteiger partial charge >= 0.3 is 0 Å². The van der Waals surface area contributed by atoms with Crippen LogP contribution < -0.4 is 10.1 Å². The largest absolute Gasteiger partial charge is 0.504 e. The molecule has 116 valence electrons. The van der Waals surface area contributed by atoms with Crippen LogP contribution >= 0.6 is 0 Å². The van der Waals surface area contributed by atoms with Gasteiger partial charge in [0.1, 0.15) is 0 Å². The van der Waals surface area contributed by atoms with E-state index in [0.29, 0.717) is 18.8 Å². The highest BCUT2D eigenvalue weighted by atomic mass is 16.5. The van der Waals surface area contributed by atoms with Gasteiger partial charge in [-0.05, 0) is 17.7 Å². The van der Waals surface area contributed by atoms with Crippen LogP contribution in [0.1, 0.15) is 5.56 Å². The molecular weight excluding hydrogens is 270 g/mol. The van der Waals surface area contributed by atoms with Crippen molar-refractivity contribution in [2.24, 2.45) is 0 Å². The average molecular weight is 293 g/mol. The zero-order valence-corrected chi connectivity index (χ0v) is 12.6. The first-order valence-electron chi connectivity index (χ1n) is 7.13. The SMILES string of the molecule is COc1cc(CN(C)C(=O)CN2CCNCC2)ccc1O. The summed E-state index contributed by atoms with van der Waals surface area (Å²) >= 11 is 0. The van der Waals surface area contributed by atoms with Crippen LogP contribution in [0.3, 0.4) is 0 Å². The van der Waals surface area contributed by atoms with Gasteiger partial charge in [-0.15, -0.1) is 0 Å². The lowest BCUT2D eigenvalue weighted by Crippen LogP contribution is -2.47. The van der Waals surface area contributed by atoms with Gasteiger partial charge in [0.2, 0.25) is 5.91 Å². The molecule has 6 heteroatoms. The maximum Gasteiger partial charge on any atom is 0.236 e. The maximum absolute atomic E-state index is 12.2. The van der Waals surface area contributed by atoms with Gasteiger partial charge in [-0.3, -0.25) is 9.69 Å². The maximum atomic E-state index is 12.2. The number of ether oxygens (including phenoxy) is 1. The number of nitrogens with one attached hydrogen (secondary N) is 1. The molecule has 0 aromatic heterocycles. The number of carbonyl (C=O) groups excluding carboxylic acids is 1. The van der Waals surface area contributed by atoms with Gasteiger partial charge < -0.3 is 20.1 Å². The van der Waals surface area contributed by atoms with Crippen LogP contribution in [0.4, 0.5) is 0 Å². The summed E-state index contributed by atoms with van der Waals surface area (Å²) in [6.07, 6.45) is 0. The summed E-state index contributed by atoms with van der Waals surface area (Å²) in [5.74, 6) is 0.635. The first kappa shape index (κ1) is 15.6. The van der Waals surface area contributed by atoms with Crippen LogP contribution in [0.5, 0.6) is 11.5 Å². The van der Waals surface area contributed by atoms with Gasteiger partial charge in [-0.1, -0.05) is 6.07 Å². The number of piperazine rings is 1. The molecule has 1 saturated heterocycles. The lowest BCUT2D eigenvalue weighted by atomic mass is 10.2. The van der Waals surface area contributed by atoms with E-state index in [0.717, 1.165) is 31.7 Å². The zero-order chi connectivity index (χ0) is 15.2. The number of hydrogen-bond donors (Lipinski definition) is 2. The summed E-state index contributed by atoms with van der Waals surface area (Å²) in [5.41, 5.74) is 0.931. The van der Waals surface area contributed by atoms with Crippen molar-refractivity contribution < 1.29 is 14.6 Å². The van der Waals surface area contributed by atoms with E-state index in [9.17, 15) is 9.90 Å². The highest BCUT2D eigenvalue weighted by Crippen LogP contribution is 2.26. The fraction of sp³-hybridized carbons (Fsp3) is 0.533. The molecule has 1 aliphatic heterocycles. The van der Waals surface area contributed by atoms with Gasteiger partial charge in [-0.2, -0.15) is 0 Å². The van der Waals surface area contributed by atoms with Crippen LogP contribution in [0.2, 0.25) is 0 Å². The van der Waals surface area contributed by atoms with E-state index in [2.05, 4.69) is 10.2 Å². The molecule has 0 spiro atoms. The fourth-order valence-corrected chi connectivity index (χ4v) is 2.36. The molecule has 1 fully saturated rings. The molecule has 1 amide bonds. The lowest BCUT2D eigenvalue weighted by molar-refractivity contribution is -0.131. The standard InChI is InChI=1S/C15H23N3O3/c1-17(15(20)11-18-7-5-16-6-8-18)10-12-3-4-13(19)14(9-12)21-2/h3-4,9,16,19H,5-8,10-11H2,1-2H3. The number of likely N-dealkylation sites (N-methyl/N-ethyl adjacent to an activating group) is 1. The van der Waals surface area contributed by atoms with Crippen molar-refractivity contribution in [2.45, 2.75) is 6.54 Å². The topological polar surface area (TPSA) is 65.0 Å². The highest BCUT2D eigenvalue weighted by Gasteiger charge is 2.16. The number of hydrogen-bond acceptors (Lipinski definition) is 5. The first-order valence-corrected chi connectivity index (χ1v) is 7.13. The van der Waals surface area contributed by atoms with Crippen molar-refractivity contribution in [3.05, 3.63) is 23.8 Å². The van der Waals surface area contributed by atoms with E-state index in [1.807, 2.05) is 0 Å². The third-order valence-corrected chi connectivity index (χ3v) is 3.66. The molecule has 1 aromatic carbocycles. The summed E-state index contributed by atoms with van der Waals surface area (Å²) in [7, 11) is 3.31. The Balaban J connectivity index is 1.90. The summed E-state index contributed by atoms with van der Waals surface area (Å²) in [6, 6.07) is 5.14. The predicted molar refractivity (Wildman–Crippen MR) is 80.4 cm³/mol. The Labute approximate surface area is 125 Å². The predicted octanol–water partition coefficient (Wildman–Crippen LogP) is 0.264. The van der Waals surface area contributed by atoms with E-state index < -0.39 is 0 Å². The number of carbonyl (C=O) groups is 1. The van der Waals surface area contributed by atoms with E-state index in [-0.39, 0.29) is 11.7 Å². The third kappa shape index (κ3) is 4.34. The summed E-state index contributed by atoms with van der Waals surface area (Å²) in [5, 5.41) is 12.8. The Morgan fingerprint density at radius 3 is 2.81 bits per heavy atom. The van der Waals surface area contributed by atoms with Crippen LogP contribution in [0.25, 0.3) is 0 Å². The zero-order valence-electron chi connectivity index (χ0n) is 12.6. The molecule has 0 saturated carbocycles. The van der Waals surface area contributed by atoms with Crippen LogP contribution in [0, 0.1) is 0 Å². The van der Waals surface area contributed by atoms with Gasteiger partial charge in [0.05, 0.1) is 13.7 Å². The average Bonchev–Trinajstić information content (AvgIpc) is 2.50. The van der Waals surface area contributed by atoms with Crippen molar-refractivity contribution in [3.8, 4) is 11.5 Å². The Morgan fingerprint density at radius 1 is 1.43 bits per heavy atom. The Morgan fingerprint density at radius 2 is 2.14 bits per heavy atom. The molecule has 0 aliphatic carbocycles. The molecule has 6 nitrogen and oxygen atoms in total. The van der Waals surface area contributed by atoms with E-state index in [1.54, 1.807) is 30.1 Å². The molecule has 2 N–H and O–H groups in total. The molecule has 0 bridgehead atoms. The molecule has 21 heavy (non-hydrogen) atoms. The van der Waals surface area contributed by atoms with E-state index in [4.69, 9.17) is 4.74 Å². The molecular formula is C15H23N3O3. The molecule has 2 rings (SSSR count). The summed E-state index contributed by atoms with van der Waals surface area (Å²) in [6.45, 7) is 4.65. The minimum Gasteiger partial charge on any atom is -0.504 e. The normalized spacial score (nSPS) is 15.7. The van der Waals surface area contributed by atoms with E-state index >= 15 is 0 Å². The quantitative estimate of drug-likeness (QED) is 0.815. The second-order valence-electron chi connectivity index (χ2n) is 5.28. The molecule has 0 unspecified atom stereocenters. The van der Waals surface area contributed by atoms with Crippen LogP contribution in [-0.2, 0) is 11.3 Å². The lowest BCUT2D eigenvalue weighted by Gasteiger charge is -2.28. The second-order valence-corrected chi connectivity index (χ2v) is 5.28. The monoisotopic (exact) mass is 293 g/mol. The molecule has 1 aliphatic rings. The number of phenolic OH excluding ortho intramolecular Hbond substituents is 1. The van der Waals surface area contributed by atoms with Crippen molar-refractivity contribution in [3.63, 3.8) is 0 Å². The minimum atomic E-state index is 0.101. The number of aromatic hydroxyl groups is 1. The van der Waals surface area contributed by atoms with Crippen molar-refractivity contribution in [1.29, 1.82) is 0 Å². The smallest absolute Gasteiger partial charge is 0.236 e. The van der Waals surface area contributed by atoms with Gasteiger partial charge in [0.15, 0.2) is 11.5 Å². The minimum absolute atomic E-state index is 0.101. The third-order valence-electron chi connectivity index (χ3n) is 3.66. The Bertz CT molecular complexity index is 487. The van der Waals surface area contributed by atoms with Crippen molar-refractivity contribution in [1.82, 2.24) is 15.1 Å². The van der Waals surface area contributed by atoms with Crippen molar-refractivity contribution >= 4 is 5.91 Å². The van der Waals surface area contributed by atoms with Gasteiger partial charge in [-0.25, -0.2) is 0 Å².